The molecule has 1 saturated heterocycles. The van der Waals surface area contributed by atoms with E-state index in [2.05, 4.69) is 34.1 Å². The third kappa shape index (κ3) is 2.42. The smallest absolute Gasteiger partial charge is 0.124 e. The maximum absolute atomic E-state index is 6.52. The van der Waals surface area contributed by atoms with E-state index in [1.165, 1.54) is 37.9 Å². The van der Waals surface area contributed by atoms with Gasteiger partial charge in [-0.1, -0.05) is 24.6 Å². The fraction of sp³-hybridized carbons (Fsp3) is 0.476. The fourth-order valence-corrected chi connectivity index (χ4v) is 4.43. The summed E-state index contributed by atoms with van der Waals surface area (Å²) in [5, 5.41) is 0. The van der Waals surface area contributed by atoms with Gasteiger partial charge < -0.3 is 9.64 Å². The zero-order chi connectivity index (χ0) is 16.0. The van der Waals surface area contributed by atoms with E-state index in [4.69, 9.17) is 4.74 Å². The summed E-state index contributed by atoms with van der Waals surface area (Å²) in [7, 11) is 0. The molecule has 1 aromatic heterocycles. The van der Waals surface area contributed by atoms with Gasteiger partial charge in [0.2, 0.25) is 0 Å². The highest BCUT2D eigenvalue weighted by Gasteiger charge is 2.43. The lowest BCUT2D eigenvalue weighted by molar-refractivity contribution is -0.00745. The van der Waals surface area contributed by atoms with E-state index < -0.39 is 0 Å². The SMILES string of the molecule is c1ccc(-c2ccc3c(c2)OC2(CCN(C4CCC4)CC2)C3)nc1. The number of pyridine rings is 1. The molecule has 24 heavy (non-hydrogen) atoms. The summed E-state index contributed by atoms with van der Waals surface area (Å²) in [5.41, 5.74) is 3.58. The first-order valence-electron chi connectivity index (χ1n) is 9.29. The maximum Gasteiger partial charge on any atom is 0.124 e. The first-order chi connectivity index (χ1) is 11.8. The number of aromatic nitrogens is 1. The van der Waals surface area contributed by atoms with E-state index in [9.17, 15) is 0 Å². The van der Waals surface area contributed by atoms with Gasteiger partial charge in [-0.3, -0.25) is 4.98 Å². The number of likely N-dealkylation sites (tertiary alicyclic amines) is 1. The molecule has 2 aromatic rings. The van der Waals surface area contributed by atoms with Gasteiger partial charge in [0.25, 0.3) is 0 Å². The van der Waals surface area contributed by atoms with Crippen molar-refractivity contribution in [3.63, 3.8) is 0 Å². The lowest BCUT2D eigenvalue weighted by Crippen LogP contribution is -2.52. The first-order valence-corrected chi connectivity index (χ1v) is 9.29. The van der Waals surface area contributed by atoms with Crippen LogP contribution in [0.25, 0.3) is 11.3 Å². The van der Waals surface area contributed by atoms with Crippen LogP contribution in [0, 0.1) is 0 Å². The Labute approximate surface area is 143 Å². The molecule has 0 N–H and O–H groups in total. The van der Waals surface area contributed by atoms with Crippen LogP contribution in [-0.2, 0) is 6.42 Å². The number of piperidine rings is 1. The van der Waals surface area contributed by atoms with Gasteiger partial charge >= 0.3 is 0 Å². The number of fused-ring (bicyclic) bond motifs is 1. The van der Waals surface area contributed by atoms with Crippen molar-refractivity contribution in [1.29, 1.82) is 0 Å². The third-order valence-corrected chi connectivity index (χ3v) is 6.17. The van der Waals surface area contributed by atoms with Gasteiger partial charge in [-0.15, -0.1) is 0 Å². The Morgan fingerprint density at radius 2 is 1.96 bits per heavy atom. The molecule has 1 saturated carbocycles. The molecule has 2 fully saturated rings. The summed E-state index contributed by atoms with van der Waals surface area (Å²) in [5.74, 6) is 1.08. The van der Waals surface area contributed by atoms with Gasteiger partial charge in [0.1, 0.15) is 11.4 Å². The number of ether oxygens (including phenoxy) is 1. The Morgan fingerprint density at radius 3 is 2.67 bits per heavy atom. The highest BCUT2D eigenvalue weighted by Crippen LogP contribution is 2.43. The Kier molecular flexibility index (Phi) is 3.37. The number of benzene rings is 1. The van der Waals surface area contributed by atoms with Crippen LogP contribution in [0.5, 0.6) is 5.75 Å². The summed E-state index contributed by atoms with van der Waals surface area (Å²) in [6, 6.07) is 13.5. The molecule has 3 nitrogen and oxygen atoms in total. The molecule has 0 amide bonds. The molecule has 3 heterocycles. The number of hydrogen-bond acceptors (Lipinski definition) is 3. The standard InChI is InChI=1S/C21H24N2O/c1-2-11-22-19(6-1)16-7-8-17-15-21(24-20(17)14-16)9-12-23(13-10-21)18-4-3-5-18/h1-2,6-8,11,14,18H,3-5,9-10,12-13,15H2. The molecule has 3 aliphatic rings. The fourth-order valence-electron chi connectivity index (χ4n) is 4.43. The second kappa shape index (κ2) is 5.59. The lowest BCUT2D eigenvalue weighted by atomic mass is 9.83. The summed E-state index contributed by atoms with van der Waals surface area (Å²) in [4.78, 5) is 7.16. The minimum absolute atomic E-state index is 0.0469. The monoisotopic (exact) mass is 320 g/mol. The zero-order valence-corrected chi connectivity index (χ0v) is 14.1. The van der Waals surface area contributed by atoms with Crippen molar-refractivity contribution in [3.05, 3.63) is 48.2 Å². The van der Waals surface area contributed by atoms with Crippen molar-refractivity contribution in [2.24, 2.45) is 0 Å². The van der Waals surface area contributed by atoms with E-state index >= 15 is 0 Å². The van der Waals surface area contributed by atoms with Crippen LogP contribution < -0.4 is 4.74 Å². The molecule has 3 heteroatoms. The topological polar surface area (TPSA) is 25.4 Å². The minimum atomic E-state index is 0.0469. The normalized spacial score (nSPS) is 22.8. The average Bonchev–Trinajstić information content (AvgIpc) is 2.93. The summed E-state index contributed by atoms with van der Waals surface area (Å²) < 4.78 is 6.52. The molecule has 1 aromatic carbocycles. The lowest BCUT2D eigenvalue weighted by Gasteiger charge is -2.45. The van der Waals surface area contributed by atoms with E-state index in [0.29, 0.717) is 0 Å². The van der Waals surface area contributed by atoms with Crippen LogP contribution in [0.15, 0.2) is 42.6 Å². The first kappa shape index (κ1) is 14.5. The third-order valence-electron chi connectivity index (χ3n) is 6.17. The summed E-state index contributed by atoms with van der Waals surface area (Å²) >= 11 is 0. The molecule has 2 aliphatic heterocycles. The van der Waals surface area contributed by atoms with Gasteiger partial charge in [0.15, 0.2) is 0 Å². The molecule has 0 unspecified atom stereocenters. The predicted octanol–water partition coefficient (Wildman–Crippen LogP) is 4.07. The Balaban J connectivity index is 1.33. The van der Waals surface area contributed by atoms with Crippen LogP contribution in [-0.4, -0.2) is 34.6 Å². The predicted molar refractivity (Wildman–Crippen MR) is 95.2 cm³/mol. The molecule has 1 aliphatic carbocycles. The second-order valence-corrected chi connectivity index (χ2v) is 7.62. The van der Waals surface area contributed by atoms with Crippen LogP contribution in [0.4, 0.5) is 0 Å². The summed E-state index contributed by atoms with van der Waals surface area (Å²) in [6.45, 7) is 2.40. The summed E-state index contributed by atoms with van der Waals surface area (Å²) in [6.07, 6.45) is 9.48. The van der Waals surface area contributed by atoms with Gasteiger partial charge in [0.05, 0.1) is 5.69 Å². The van der Waals surface area contributed by atoms with Crippen LogP contribution in [0.3, 0.4) is 0 Å². The van der Waals surface area contributed by atoms with Crippen LogP contribution >= 0.6 is 0 Å². The number of nitrogens with zero attached hydrogens (tertiary/aromatic N) is 2. The van der Waals surface area contributed by atoms with E-state index in [1.807, 2.05) is 18.3 Å². The number of rotatable bonds is 2. The molecule has 124 valence electrons. The van der Waals surface area contributed by atoms with Gasteiger partial charge in [-0.2, -0.15) is 0 Å². The van der Waals surface area contributed by atoms with Crippen LogP contribution in [0.2, 0.25) is 0 Å². The van der Waals surface area contributed by atoms with Gasteiger partial charge in [0, 0.05) is 50.2 Å². The highest BCUT2D eigenvalue weighted by atomic mass is 16.5. The molecule has 0 radical (unpaired) electrons. The van der Waals surface area contributed by atoms with E-state index in [1.54, 1.807) is 0 Å². The van der Waals surface area contributed by atoms with Crippen molar-refractivity contribution < 1.29 is 4.74 Å². The van der Waals surface area contributed by atoms with E-state index in [0.717, 1.165) is 42.3 Å². The molecular formula is C21H24N2O. The number of hydrogen-bond donors (Lipinski definition) is 0. The van der Waals surface area contributed by atoms with Crippen LogP contribution in [0.1, 0.15) is 37.7 Å². The van der Waals surface area contributed by atoms with Crippen molar-refractivity contribution in [3.8, 4) is 17.0 Å². The Bertz CT molecular complexity index is 731. The average molecular weight is 320 g/mol. The molecule has 5 rings (SSSR count). The second-order valence-electron chi connectivity index (χ2n) is 7.62. The van der Waals surface area contributed by atoms with Gasteiger partial charge in [-0.05, 0) is 36.6 Å². The zero-order valence-electron chi connectivity index (χ0n) is 14.1. The molecule has 0 atom stereocenters. The Hall–Kier alpha value is -1.87. The molecular weight excluding hydrogens is 296 g/mol. The van der Waals surface area contributed by atoms with Gasteiger partial charge in [-0.25, -0.2) is 0 Å². The largest absolute Gasteiger partial charge is 0.487 e. The van der Waals surface area contributed by atoms with Crippen molar-refractivity contribution in [2.45, 2.75) is 50.2 Å². The highest BCUT2D eigenvalue weighted by molar-refractivity contribution is 5.63. The Morgan fingerprint density at radius 1 is 1.08 bits per heavy atom. The van der Waals surface area contributed by atoms with E-state index in [-0.39, 0.29) is 5.60 Å². The molecule has 1 spiro atoms. The van der Waals surface area contributed by atoms with Crippen molar-refractivity contribution >= 4 is 0 Å². The quantitative estimate of drug-likeness (QED) is 0.834. The maximum atomic E-state index is 6.52. The molecule has 0 bridgehead atoms. The minimum Gasteiger partial charge on any atom is -0.487 e. The van der Waals surface area contributed by atoms with Crippen molar-refractivity contribution in [2.75, 3.05) is 13.1 Å². The van der Waals surface area contributed by atoms with Crippen molar-refractivity contribution in [1.82, 2.24) is 9.88 Å².